The second kappa shape index (κ2) is 11.0. The zero-order valence-corrected chi connectivity index (χ0v) is 17.4. The Kier molecular flexibility index (Phi) is 8.08. The molecule has 0 aliphatic rings. The Morgan fingerprint density at radius 1 is 0.767 bits per heavy atom. The number of nitrogens with two attached hydrogens (primary N) is 1. The first kappa shape index (κ1) is 22.1. The van der Waals surface area contributed by atoms with Crippen LogP contribution in [0.5, 0.6) is 0 Å². The molecule has 5 heteroatoms. The Labute approximate surface area is 177 Å². The van der Waals surface area contributed by atoms with Crippen LogP contribution in [0.3, 0.4) is 0 Å². The number of benzene rings is 3. The number of hydrogen-bond donors (Lipinski definition) is 3. The molecule has 1 atom stereocenters. The molecule has 0 unspecified atom stereocenters. The van der Waals surface area contributed by atoms with E-state index in [1.807, 2.05) is 0 Å². The van der Waals surface area contributed by atoms with Crippen LogP contribution in [0, 0.1) is 11.6 Å². The topological polar surface area (TPSA) is 71.9 Å². The van der Waals surface area contributed by atoms with Crippen LogP contribution in [0.15, 0.2) is 66.7 Å². The predicted octanol–water partition coefficient (Wildman–Crippen LogP) is 2.04. The van der Waals surface area contributed by atoms with Gasteiger partial charge in [-0.1, -0.05) is 36.4 Å². The third-order valence-electron chi connectivity index (χ3n) is 5.35. The van der Waals surface area contributed by atoms with E-state index in [0.29, 0.717) is 6.04 Å². The molecule has 0 aliphatic heterocycles. The van der Waals surface area contributed by atoms with Gasteiger partial charge in [-0.25, -0.2) is 8.78 Å². The maximum absolute atomic E-state index is 13.4. The highest BCUT2D eigenvalue weighted by atomic mass is 19.1. The first-order valence-corrected chi connectivity index (χ1v) is 10.6. The monoisotopic (exact) mass is 412 g/mol. The third kappa shape index (κ3) is 6.46. The van der Waals surface area contributed by atoms with Gasteiger partial charge in [0.25, 0.3) is 0 Å². The van der Waals surface area contributed by atoms with Crippen molar-refractivity contribution in [3.05, 3.63) is 83.9 Å². The van der Waals surface area contributed by atoms with Crippen molar-refractivity contribution < 1.29 is 25.6 Å². The Bertz CT molecular complexity index is 860. The molecule has 0 fully saturated rings. The van der Waals surface area contributed by atoms with Crippen LogP contribution in [0.2, 0.25) is 0 Å². The fraction of sp³-hybridized carbons (Fsp3) is 0.280. The fourth-order valence-corrected chi connectivity index (χ4v) is 3.63. The molecule has 0 saturated carbocycles. The molecule has 0 amide bonds. The molecule has 0 aliphatic carbocycles. The quantitative estimate of drug-likeness (QED) is 0.427. The van der Waals surface area contributed by atoms with E-state index in [2.05, 4.69) is 35.0 Å². The van der Waals surface area contributed by atoms with Gasteiger partial charge >= 0.3 is 0 Å². The summed E-state index contributed by atoms with van der Waals surface area (Å²) in [6.45, 7) is 2.96. The first-order chi connectivity index (χ1) is 14.5. The van der Waals surface area contributed by atoms with E-state index in [9.17, 15) is 8.78 Å². The minimum Gasteiger partial charge on any atom is -0.358 e. The molecule has 3 aromatic rings. The van der Waals surface area contributed by atoms with Crippen molar-refractivity contribution in [3.63, 3.8) is 0 Å². The van der Waals surface area contributed by atoms with Gasteiger partial charge in [-0.05, 0) is 58.1 Å². The van der Waals surface area contributed by atoms with E-state index in [1.54, 1.807) is 24.3 Å². The highest BCUT2D eigenvalue weighted by Crippen LogP contribution is 2.29. The molecule has 8 N–H and O–H groups in total. The molecule has 0 heterocycles. The Morgan fingerprint density at radius 2 is 1.30 bits per heavy atom. The summed E-state index contributed by atoms with van der Waals surface area (Å²) in [5.74, 6) is -0.491. The number of halogens is 2. The van der Waals surface area contributed by atoms with Crippen molar-refractivity contribution in [1.82, 2.24) is 0 Å². The van der Waals surface area contributed by atoms with Gasteiger partial charge in [-0.2, -0.15) is 0 Å². The number of rotatable bonds is 10. The maximum atomic E-state index is 13.4. The van der Waals surface area contributed by atoms with E-state index in [0.717, 1.165) is 61.2 Å². The summed E-state index contributed by atoms with van der Waals surface area (Å²) < 4.78 is 26.7. The molecular formula is C25H32F2N3+3. The van der Waals surface area contributed by atoms with Crippen molar-refractivity contribution in [2.75, 3.05) is 19.6 Å². The average molecular weight is 413 g/mol. The van der Waals surface area contributed by atoms with Gasteiger partial charge in [0.05, 0.1) is 13.1 Å². The van der Waals surface area contributed by atoms with Gasteiger partial charge in [-0.3, -0.25) is 0 Å². The van der Waals surface area contributed by atoms with Crippen LogP contribution in [-0.2, 0) is 6.42 Å². The van der Waals surface area contributed by atoms with E-state index >= 15 is 0 Å². The summed E-state index contributed by atoms with van der Waals surface area (Å²) in [5, 5.41) is 2.32. The largest absolute Gasteiger partial charge is 0.358 e. The van der Waals surface area contributed by atoms with E-state index in [1.165, 1.54) is 29.8 Å². The second-order valence-corrected chi connectivity index (χ2v) is 7.86. The van der Waals surface area contributed by atoms with Gasteiger partial charge in [0.1, 0.15) is 24.2 Å². The SMILES string of the molecule is [NH3+]CCC[C@H]([NH3+])C[NH2+]CCc1cc(-c2ccc(F)cc2)cc(-c2ccc(F)cc2)c1. The summed E-state index contributed by atoms with van der Waals surface area (Å²) in [5.41, 5.74) is 13.3. The fourth-order valence-electron chi connectivity index (χ4n) is 3.63. The Hall–Kier alpha value is -2.60. The lowest BCUT2D eigenvalue weighted by Crippen LogP contribution is -2.91. The molecule has 30 heavy (non-hydrogen) atoms. The van der Waals surface area contributed by atoms with Crippen LogP contribution in [0.25, 0.3) is 22.3 Å². The second-order valence-electron chi connectivity index (χ2n) is 7.86. The molecule has 3 aromatic carbocycles. The highest BCUT2D eigenvalue weighted by molar-refractivity contribution is 5.74. The number of quaternary nitrogens is 3. The van der Waals surface area contributed by atoms with Gasteiger partial charge in [0, 0.05) is 19.3 Å². The Balaban J connectivity index is 1.77. The lowest BCUT2D eigenvalue weighted by molar-refractivity contribution is -0.680. The molecule has 3 nitrogen and oxygen atoms in total. The van der Waals surface area contributed by atoms with Crippen LogP contribution in [0.4, 0.5) is 8.78 Å². The minimum absolute atomic E-state index is 0.246. The highest BCUT2D eigenvalue weighted by Gasteiger charge is 2.10. The molecule has 0 aromatic heterocycles. The van der Waals surface area contributed by atoms with Gasteiger partial charge in [0.2, 0.25) is 0 Å². The van der Waals surface area contributed by atoms with E-state index < -0.39 is 0 Å². The van der Waals surface area contributed by atoms with E-state index in [4.69, 9.17) is 0 Å². The van der Waals surface area contributed by atoms with Gasteiger partial charge < -0.3 is 16.8 Å². The Morgan fingerprint density at radius 3 is 1.80 bits per heavy atom. The summed E-state index contributed by atoms with van der Waals surface area (Å²) in [6.07, 6.45) is 3.17. The normalized spacial score (nSPS) is 12.1. The van der Waals surface area contributed by atoms with Crippen molar-refractivity contribution >= 4 is 0 Å². The van der Waals surface area contributed by atoms with E-state index in [-0.39, 0.29) is 11.6 Å². The lowest BCUT2D eigenvalue weighted by atomic mass is 9.95. The summed E-state index contributed by atoms with van der Waals surface area (Å²) in [7, 11) is 0. The molecule has 0 saturated heterocycles. The van der Waals surface area contributed by atoms with Crippen molar-refractivity contribution in [1.29, 1.82) is 0 Å². The molecule has 0 spiro atoms. The standard InChI is InChI=1S/C25H29F2N3/c26-23-7-3-19(4-8-23)21-14-18(11-13-30-17-25(29)2-1-12-28)15-22(16-21)20-5-9-24(27)10-6-20/h3-10,14-16,25,30H,1-2,11-13,17,28-29H2/p+3/t25-/m0/s1. The first-order valence-electron chi connectivity index (χ1n) is 10.6. The van der Waals surface area contributed by atoms with Gasteiger partial charge in [0.15, 0.2) is 0 Å². The minimum atomic E-state index is -0.246. The smallest absolute Gasteiger partial charge is 0.134 e. The van der Waals surface area contributed by atoms with Gasteiger partial charge in [-0.15, -0.1) is 0 Å². The molecule has 3 rings (SSSR count). The zero-order valence-electron chi connectivity index (χ0n) is 17.4. The molecule has 158 valence electrons. The van der Waals surface area contributed by atoms with Crippen LogP contribution >= 0.6 is 0 Å². The zero-order chi connectivity index (χ0) is 21.3. The van der Waals surface area contributed by atoms with Crippen molar-refractivity contribution in [3.8, 4) is 22.3 Å². The molecular weight excluding hydrogens is 380 g/mol. The lowest BCUT2D eigenvalue weighted by Gasteiger charge is -2.11. The summed E-state index contributed by atoms with van der Waals surface area (Å²) in [6, 6.07) is 20.0. The van der Waals surface area contributed by atoms with Crippen LogP contribution in [-0.4, -0.2) is 25.7 Å². The maximum Gasteiger partial charge on any atom is 0.134 e. The number of hydrogen-bond acceptors (Lipinski definition) is 0. The van der Waals surface area contributed by atoms with Crippen molar-refractivity contribution in [2.24, 2.45) is 0 Å². The molecule has 0 bridgehead atoms. The summed E-state index contributed by atoms with van der Waals surface area (Å²) >= 11 is 0. The van der Waals surface area contributed by atoms with Crippen molar-refractivity contribution in [2.45, 2.75) is 25.3 Å². The predicted molar refractivity (Wildman–Crippen MR) is 116 cm³/mol. The molecule has 0 radical (unpaired) electrons. The third-order valence-corrected chi connectivity index (χ3v) is 5.35. The summed E-state index contributed by atoms with van der Waals surface area (Å²) in [4.78, 5) is 0. The van der Waals surface area contributed by atoms with Crippen LogP contribution < -0.4 is 16.8 Å². The average Bonchev–Trinajstić information content (AvgIpc) is 2.76. The van der Waals surface area contributed by atoms with Crippen LogP contribution in [0.1, 0.15) is 18.4 Å².